The van der Waals surface area contributed by atoms with Crippen LogP contribution >= 0.6 is 11.3 Å². The lowest BCUT2D eigenvalue weighted by Crippen LogP contribution is -2.15. The minimum atomic E-state index is 0.0184. The van der Waals surface area contributed by atoms with Crippen molar-refractivity contribution in [1.29, 1.82) is 0 Å². The van der Waals surface area contributed by atoms with Crippen molar-refractivity contribution in [1.82, 2.24) is 9.38 Å². The quantitative estimate of drug-likeness (QED) is 0.816. The van der Waals surface area contributed by atoms with Gasteiger partial charge >= 0.3 is 0 Å². The van der Waals surface area contributed by atoms with Crippen LogP contribution in [0.15, 0.2) is 11.6 Å². The van der Waals surface area contributed by atoms with Crippen molar-refractivity contribution in [2.75, 3.05) is 6.61 Å². The fourth-order valence-corrected chi connectivity index (χ4v) is 2.91. The summed E-state index contributed by atoms with van der Waals surface area (Å²) in [5.41, 5.74) is 2.31. The van der Waals surface area contributed by atoms with Gasteiger partial charge in [-0.1, -0.05) is 0 Å². The van der Waals surface area contributed by atoms with Crippen LogP contribution in [0.2, 0.25) is 0 Å². The lowest BCUT2D eigenvalue weighted by molar-refractivity contribution is 0.251. The van der Waals surface area contributed by atoms with Crippen LogP contribution in [0.1, 0.15) is 24.2 Å². The Labute approximate surface area is 86.0 Å². The topological polar surface area (TPSA) is 37.5 Å². The van der Waals surface area contributed by atoms with E-state index in [4.69, 9.17) is 0 Å². The van der Waals surface area contributed by atoms with E-state index in [0.29, 0.717) is 0 Å². The highest BCUT2D eigenvalue weighted by Crippen LogP contribution is 2.49. The molecule has 1 N–H and O–H groups in total. The molecule has 0 atom stereocenters. The summed E-state index contributed by atoms with van der Waals surface area (Å²) in [6, 6.07) is 0. The first-order chi connectivity index (χ1) is 6.77. The molecule has 3 rings (SSSR count). The average molecular weight is 208 g/mol. The van der Waals surface area contributed by atoms with Crippen molar-refractivity contribution in [3.8, 4) is 0 Å². The molecule has 0 radical (unpaired) electrons. The highest BCUT2D eigenvalue weighted by atomic mass is 32.1. The molecular formula is C10H12N2OS. The van der Waals surface area contributed by atoms with Gasteiger partial charge in [-0.2, -0.15) is 0 Å². The van der Waals surface area contributed by atoms with E-state index in [1.54, 1.807) is 11.3 Å². The van der Waals surface area contributed by atoms with Gasteiger partial charge in [0.05, 0.1) is 18.0 Å². The van der Waals surface area contributed by atoms with Crippen LogP contribution in [0, 0.1) is 6.92 Å². The Kier molecular flexibility index (Phi) is 1.56. The van der Waals surface area contributed by atoms with Crippen molar-refractivity contribution < 1.29 is 5.11 Å². The number of fused-ring (bicyclic) bond motifs is 1. The number of rotatable bonds is 2. The Morgan fingerprint density at radius 2 is 2.43 bits per heavy atom. The molecule has 74 valence electrons. The van der Waals surface area contributed by atoms with E-state index < -0.39 is 0 Å². The zero-order valence-corrected chi connectivity index (χ0v) is 8.84. The van der Waals surface area contributed by atoms with Crippen molar-refractivity contribution in [2.24, 2.45) is 0 Å². The molecule has 0 spiro atoms. The van der Waals surface area contributed by atoms with E-state index in [2.05, 4.69) is 9.38 Å². The molecule has 3 nitrogen and oxygen atoms in total. The summed E-state index contributed by atoms with van der Waals surface area (Å²) < 4.78 is 2.13. The van der Waals surface area contributed by atoms with Crippen LogP contribution < -0.4 is 0 Å². The first-order valence-electron chi connectivity index (χ1n) is 4.80. The second kappa shape index (κ2) is 2.58. The number of aliphatic hydroxyl groups excluding tert-OH is 1. The lowest BCUT2D eigenvalue weighted by Gasteiger charge is -2.11. The number of aliphatic hydroxyl groups is 1. The van der Waals surface area contributed by atoms with E-state index in [0.717, 1.165) is 23.5 Å². The van der Waals surface area contributed by atoms with Crippen LogP contribution in [0.25, 0.3) is 4.96 Å². The second-order valence-corrected chi connectivity index (χ2v) is 4.91. The largest absolute Gasteiger partial charge is 0.395 e. The second-order valence-electron chi connectivity index (χ2n) is 4.04. The van der Waals surface area contributed by atoms with Crippen LogP contribution in [0.4, 0.5) is 0 Å². The Bertz CT molecular complexity index is 481. The molecule has 2 heterocycles. The molecule has 1 aliphatic rings. The summed E-state index contributed by atoms with van der Waals surface area (Å²) in [5.74, 6) is 0. The SMILES string of the molecule is Cc1nc2sccn2c1C1(CO)CC1. The summed E-state index contributed by atoms with van der Waals surface area (Å²) in [7, 11) is 0. The monoisotopic (exact) mass is 208 g/mol. The fourth-order valence-electron chi connectivity index (χ4n) is 2.15. The molecule has 0 bridgehead atoms. The zero-order chi connectivity index (χ0) is 9.76. The van der Waals surface area contributed by atoms with Crippen molar-refractivity contribution >= 4 is 16.3 Å². The van der Waals surface area contributed by atoms with Gasteiger partial charge in [0.2, 0.25) is 0 Å². The Hall–Kier alpha value is -0.870. The minimum Gasteiger partial charge on any atom is -0.395 e. The summed E-state index contributed by atoms with van der Waals surface area (Å²) in [6.07, 6.45) is 4.23. The normalized spacial score (nSPS) is 19.0. The van der Waals surface area contributed by atoms with Gasteiger partial charge in [-0.15, -0.1) is 11.3 Å². The van der Waals surface area contributed by atoms with E-state index in [9.17, 15) is 5.11 Å². The molecule has 0 aromatic carbocycles. The van der Waals surface area contributed by atoms with Gasteiger partial charge < -0.3 is 5.11 Å². The maximum Gasteiger partial charge on any atom is 0.194 e. The lowest BCUT2D eigenvalue weighted by atomic mass is 10.0. The Morgan fingerprint density at radius 3 is 3.07 bits per heavy atom. The van der Waals surface area contributed by atoms with Gasteiger partial charge in [0.25, 0.3) is 0 Å². The average Bonchev–Trinajstić information content (AvgIpc) is 2.71. The van der Waals surface area contributed by atoms with E-state index in [-0.39, 0.29) is 12.0 Å². The fraction of sp³-hybridized carbons (Fsp3) is 0.500. The number of aromatic nitrogens is 2. The number of imidazole rings is 1. The molecule has 4 heteroatoms. The zero-order valence-electron chi connectivity index (χ0n) is 8.03. The van der Waals surface area contributed by atoms with E-state index >= 15 is 0 Å². The van der Waals surface area contributed by atoms with Crippen molar-refractivity contribution in [3.63, 3.8) is 0 Å². The molecule has 0 aliphatic heterocycles. The highest BCUT2D eigenvalue weighted by molar-refractivity contribution is 7.15. The third-order valence-electron chi connectivity index (χ3n) is 3.09. The first kappa shape index (κ1) is 8.44. The third-order valence-corrected chi connectivity index (χ3v) is 3.85. The number of aryl methyl sites for hydroxylation is 1. The van der Waals surface area contributed by atoms with Gasteiger partial charge in [0.15, 0.2) is 4.96 Å². The standard InChI is InChI=1S/C10H12N2OS/c1-7-8(10(6-13)2-3-10)12-4-5-14-9(12)11-7/h4-5,13H,2-3,6H2,1H3. The highest BCUT2D eigenvalue weighted by Gasteiger charge is 2.47. The van der Waals surface area contributed by atoms with E-state index in [1.165, 1.54) is 5.69 Å². The number of hydrogen-bond donors (Lipinski definition) is 1. The van der Waals surface area contributed by atoms with Gasteiger partial charge in [-0.3, -0.25) is 4.40 Å². The minimum absolute atomic E-state index is 0.0184. The Balaban J connectivity index is 2.28. The number of nitrogens with zero attached hydrogens (tertiary/aromatic N) is 2. The number of thiazole rings is 1. The molecule has 1 fully saturated rings. The van der Waals surface area contributed by atoms with Crippen LogP contribution in [0.3, 0.4) is 0 Å². The maximum absolute atomic E-state index is 9.41. The summed E-state index contributed by atoms with van der Waals surface area (Å²) in [6.45, 7) is 2.28. The van der Waals surface area contributed by atoms with Crippen LogP contribution in [-0.4, -0.2) is 21.1 Å². The molecule has 0 unspecified atom stereocenters. The summed E-state index contributed by atoms with van der Waals surface area (Å²) in [5, 5.41) is 11.5. The Morgan fingerprint density at radius 1 is 1.64 bits per heavy atom. The predicted molar refractivity (Wildman–Crippen MR) is 55.8 cm³/mol. The third kappa shape index (κ3) is 0.925. The summed E-state index contributed by atoms with van der Waals surface area (Å²) >= 11 is 1.65. The van der Waals surface area contributed by atoms with Crippen molar-refractivity contribution in [2.45, 2.75) is 25.2 Å². The van der Waals surface area contributed by atoms with Crippen LogP contribution in [-0.2, 0) is 5.41 Å². The molecule has 1 saturated carbocycles. The molecular weight excluding hydrogens is 196 g/mol. The molecule has 2 aromatic heterocycles. The number of hydrogen-bond acceptors (Lipinski definition) is 3. The van der Waals surface area contributed by atoms with Gasteiger partial charge in [0, 0.05) is 17.0 Å². The molecule has 0 saturated heterocycles. The molecule has 1 aliphatic carbocycles. The maximum atomic E-state index is 9.41. The predicted octanol–water partition coefficient (Wildman–Crippen LogP) is 1.73. The van der Waals surface area contributed by atoms with Gasteiger partial charge in [-0.05, 0) is 19.8 Å². The smallest absolute Gasteiger partial charge is 0.194 e. The van der Waals surface area contributed by atoms with Gasteiger partial charge in [0.1, 0.15) is 0 Å². The van der Waals surface area contributed by atoms with Gasteiger partial charge in [-0.25, -0.2) is 4.98 Å². The van der Waals surface area contributed by atoms with Crippen molar-refractivity contribution in [3.05, 3.63) is 23.0 Å². The molecule has 14 heavy (non-hydrogen) atoms. The van der Waals surface area contributed by atoms with Crippen LogP contribution in [0.5, 0.6) is 0 Å². The first-order valence-corrected chi connectivity index (χ1v) is 5.68. The molecule has 0 amide bonds. The summed E-state index contributed by atoms with van der Waals surface area (Å²) in [4.78, 5) is 5.54. The van der Waals surface area contributed by atoms with E-state index in [1.807, 2.05) is 18.5 Å². The molecule has 2 aromatic rings.